The minimum Gasteiger partial charge on any atom is -0.376 e. The summed E-state index contributed by atoms with van der Waals surface area (Å²) < 4.78 is 27.1. The number of aryl methyl sites for hydroxylation is 1. The number of halogens is 2. The smallest absolute Gasteiger partial charge is 0.146 e. The van der Waals surface area contributed by atoms with E-state index in [-0.39, 0.29) is 11.7 Å². The van der Waals surface area contributed by atoms with Crippen molar-refractivity contribution in [3.05, 3.63) is 59.4 Å². The van der Waals surface area contributed by atoms with Gasteiger partial charge in [0.25, 0.3) is 0 Å². The van der Waals surface area contributed by atoms with Crippen molar-refractivity contribution in [2.45, 2.75) is 19.9 Å². The maximum Gasteiger partial charge on any atom is 0.146 e. The normalized spacial score (nSPS) is 12.2. The van der Waals surface area contributed by atoms with Crippen LogP contribution in [0.2, 0.25) is 0 Å². The summed E-state index contributed by atoms with van der Waals surface area (Å²) in [5.74, 6) is -0.865. The molecule has 94 valence electrons. The lowest BCUT2D eigenvalue weighted by molar-refractivity contribution is 0.593. The molecule has 0 amide bonds. The van der Waals surface area contributed by atoms with E-state index < -0.39 is 11.6 Å². The second-order valence-corrected chi connectivity index (χ2v) is 4.23. The fourth-order valence-corrected chi connectivity index (χ4v) is 1.73. The van der Waals surface area contributed by atoms with Crippen molar-refractivity contribution < 1.29 is 8.78 Å². The number of anilines is 1. The molecule has 0 saturated carbocycles. The zero-order valence-corrected chi connectivity index (χ0v) is 10.2. The maximum atomic E-state index is 13.7. The Hall–Kier alpha value is -1.97. The summed E-state index contributed by atoms with van der Waals surface area (Å²) in [6.45, 7) is 3.42. The van der Waals surface area contributed by atoms with Crippen LogP contribution in [0.3, 0.4) is 0 Å². The van der Waals surface area contributed by atoms with Gasteiger partial charge in [-0.25, -0.2) is 8.78 Å². The van der Waals surface area contributed by atoms with Crippen LogP contribution in [0, 0.1) is 18.6 Å². The first kappa shape index (κ1) is 12.5. The van der Waals surface area contributed by atoms with Gasteiger partial charge in [0.05, 0.1) is 5.69 Å². The first-order valence-electron chi connectivity index (χ1n) is 5.70. The number of nitrogens with one attached hydrogen (secondary N) is 1. The maximum absolute atomic E-state index is 13.7. The van der Waals surface area contributed by atoms with Crippen LogP contribution in [-0.2, 0) is 0 Å². The number of nitrogens with zero attached hydrogens (tertiary/aromatic N) is 1. The predicted molar refractivity (Wildman–Crippen MR) is 67.4 cm³/mol. The highest BCUT2D eigenvalue weighted by molar-refractivity contribution is 5.48. The molecule has 1 atom stereocenters. The number of pyridine rings is 1. The first-order valence-corrected chi connectivity index (χ1v) is 5.70. The Labute approximate surface area is 105 Å². The molecule has 1 aromatic heterocycles. The lowest BCUT2D eigenvalue weighted by Crippen LogP contribution is -2.08. The molecule has 0 spiro atoms. The van der Waals surface area contributed by atoms with Crippen LogP contribution in [0.15, 0.2) is 36.7 Å². The number of rotatable bonds is 3. The lowest BCUT2D eigenvalue weighted by atomic mass is 10.1. The fourth-order valence-electron chi connectivity index (χ4n) is 1.73. The molecule has 4 heteroatoms. The summed E-state index contributed by atoms with van der Waals surface area (Å²) in [5, 5.41) is 2.95. The summed E-state index contributed by atoms with van der Waals surface area (Å²) in [6.07, 6.45) is 3.33. The number of hydrogen-bond acceptors (Lipinski definition) is 2. The zero-order chi connectivity index (χ0) is 13.1. The molecular formula is C14H14F2N2. The fraction of sp³-hybridized carbons (Fsp3) is 0.214. The standard InChI is InChI=1S/C14H14F2N2/c1-9-7-13(16)14(8-12(9)15)18-10(2)11-3-5-17-6-4-11/h3-8,10,18H,1-2H3. The van der Waals surface area contributed by atoms with Gasteiger partial charge in [-0.1, -0.05) is 0 Å². The molecular weight excluding hydrogens is 234 g/mol. The average molecular weight is 248 g/mol. The third-order valence-electron chi connectivity index (χ3n) is 2.83. The van der Waals surface area contributed by atoms with E-state index in [4.69, 9.17) is 0 Å². The Balaban J connectivity index is 2.22. The van der Waals surface area contributed by atoms with Crippen LogP contribution < -0.4 is 5.32 Å². The van der Waals surface area contributed by atoms with Crippen molar-refractivity contribution in [2.24, 2.45) is 0 Å². The molecule has 0 aliphatic carbocycles. The van der Waals surface area contributed by atoms with Crippen LogP contribution >= 0.6 is 0 Å². The van der Waals surface area contributed by atoms with E-state index in [1.807, 2.05) is 19.1 Å². The Morgan fingerprint density at radius 3 is 2.44 bits per heavy atom. The van der Waals surface area contributed by atoms with Crippen LogP contribution in [0.1, 0.15) is 24.1 Å². The van der Waals surface area contributed by atoms with Gasteiger partial charge in [-0.15, -0.1) is 0 Å². The summed E-state index contributed by atoms with van der Waals surface area (Å²) in [6, 6.07) is 5.92. The van der Waals surface area contributed by atoms with Crippen molar-refractivity contribution in [3.63, 3.8) is 0 Å². The number of aromatic nitrogens is 1. The van der Waals surface area contributed by atoms with Gasteiger partial charge in [-0.3, -0.25) is 4.98 Å². The van der Waals surface area contributed by atoms with Crippen molar-refractivity contribution in [3.8, 4) is 0 Å². The highest BCUT2D eigenvalue weighted by atomic mass is 19.1. The van der Waals surface area contributed by atoms with Crippen molar-refractivity contribution in [2.75, 3.05) is 5.32 Å². The Morgan fingerprint density at radius 2 is 1.78 bits per heavy atom. The minimum absolute atomic E-state index is 0.121. The summed E-state index contributed by atoms with van der Waals surface area (Å²) in [7, 11) is 0. The van der Waals surface area contributed by atoms with Gasteiger partial charge in [0, 0.05) is 24.5 Å². The highest BCUT2D eigenvalue weighted by Crippen LogP contribution is 2.23. The van der Waals surface area contributed by atoms with Gasteiger partial charge < -0.3 is 5.32 Å². The van der Waals surface area contributed by atoms with Gasteiger partial charge in [-0.2, -0.15) is 0 Å². The molecule has 0 aliphatic rings. The van der Waals surface area contributed by atoms with Gasteiger partial charge in [0.2, 0.25) is 0 Å². The molecule has 18 heavy (non-hydrogen) atoms. The summed E-state index contributed by atoms with van der Waals surface area (Å²) >= 11 is 0. The first-order chi connectivity index (χ1) is 8.58. The molecule has 0 fully saturated rings. The van der Waals surface area contributed by atoms with Crippen molar-refractivity contribution in [1.82, 2.24) is 4.98 Å². The third-order valence-corrected chi connectivity index (χ3v) is 2.83. The molecule has 0 saturated heterocycles. The van der Waals surface area contributed by atoms with E-state index in [1.54, 1.807) is 12.4 Å². The monoisotopic (exact) mass is 248 g/mol. The summed E-state index contributed by atoms with van der Waals surface area (Å²) in [4.78, 5) is 3.92. The molecule has 0 aliphatic heterocycles. The Kier molecular flexibility index (Phi) is 3.55. The van der Waals surface area contributed by atoms with Crippen molar-refractivity contribution in [1.29, 1.82) is 0 Å². The topological polar surface area (TPSA) is 24.9 Å². The van der Waals surface area contributed by atoms with E-state index in [0.717, 1.165) is 5.56 Å². The minimum atomic E-state index is -0.449. The Bertz CT molecular complexity index is 541. The third kappa shape index (κ3) is 2.64. The predicted octanol–water partition coefficient (Wildman–Crippen LogP) is 3.84. The Morgan fingerprint density at radius 1 is 1.11 bits per heavy atom. The van der Waals surface area contributed by atoms with Gasteiger partial charge in [-0.05, 0) is 43.2 Å². The SMILES string of the molecule is Cc1cc(F)c(NC(C)c2ccncc2)cc1F. The molecule has 2 rings (SSSR count). The van der Waals surface area contributed by atoms with E-state index in [0.29, 0.717) is 5.56 Å². The van der Waals surface area contributed by atoms with E-state index in [1.165, 1.54) is 19.1 Å². The van der Waals surface area contributed by atoms with Crippen LogP contribution in [0.4, 0.5) is 14.5 Å². The van der Waals surface area contributed by atoms with Gasteiger partial charge >= 0.3 is 0 Å². The van der Waals surface area contributed by atoms with Crippen molar-refractivity contribution >= 4 is 5.69 Å². The van der Waals surface area contributed by atoms with Gasteiger partial charge in [0.15, 0.2) is 0 Å². The second-order valence-electron chi connectivity index (χ2n) is 4.23. The molecule has 2 nitrogen and oxygen atoms in total. The van der Waals surface area contributed by atoms with Crippen LogP contribution in [0.25, 0.3) is 0 Å². The van der Waals surface area contributed by atoms with E-state index >= 15 is 0 Å². The van der Waals surface area contributed by atoms with Crippen LogP contribution in [-0.4, -0.2) is 4.98 Å². The summed E-state index contributed by atoms with van der Waals surface area (Å²) in [5.41, 5.74) is 1.43. The zero-order valence-electron chi connectivity index (χ0n) is 10.2. The number of hydrogen-bond donors (Lipinski definition) is 1. The lowest BCUT2D eigenvalue weighted by Gasteiger charge is -2.16. The molecule has 2 aromatic rings. The molecule has 1 aromatic carbocycles. The molecule has 1 unspecified atom stereocenters. The molecule has 1 N–H and O–H groups in total. The molecule has 0 radical (unpaired) electrons. The van der Waals surface area contributed by atoms with E-state index in [2.05, 4.69) is 10.3 Å². The van der Waals surface area contributed by atoms with E-state index in [9.17, 15) is 8.78 Å². The van der Waals surface area contributed by atoms with Crippen LogP contribution in [0.5, 0.6) is 0 Å². The molecule has 0 bridgehead atoms. The highest BCUT2D eigenvalue weighted by Gasteiger charge is 2.11. The van der Waals surface area contributed by atoms with Gasteiger partial charge in [0.1, 0.15) is 11.6 Å². The average Bonchev–Trinajstić information content (AvgIpc) is 2.37. The second kappa shape index (κ2) is 5.12. The number of benzene rings is 1. The molecule has 1 heterocycles. The quantitative estimate of drug-likeness (QED) is 0.892. The largest absolute Gasteiger partial charge is 0.376 e.